The van der Waals surface area contributed by atoms with E-state index in [2.05, 4.69) is 4.98 Å². The Morgan fingerprint density at radius 3 is 2.38 bits per heavy atom. The quantitative estimate of drug-likeness (QED) is 0.518. The summed E-state index contributed by atoms with van der Waals surface area (Å²) in [7, 11) is 3.23. The number of ether oxygens (including phenoxy) is 1. The molecule has 0 saturated carbocycles. The number of carbonyl (C=O) groups is 2. The zero-order valence-corrected chi connectivity index (χ0v) is 15.1. The Balaban J connectivity index is 2.00. The average Bonchev–Trinajstić information content (AvgIpc) is 2.65. The Kier molecular flexibility index (Phi) is 5.19. The number of halogens is 1. The van der Waals surface area contributed by atoms with Crippen molar-refractivity contribution in [2.75, 3.05) is 14.1 Å². The summed E-state index contributed by atoms with van der Waals surface area (Å²) in [5.41, 5.74) is 1.46. The molecule has 3 rings (SSSR count). The fourth-order valence-corrected chi connectivity index (χ4v) is 2.81. The van der Waals surface area contributed by atoms with Gasteiger partial charge in [-0.25, -0.2) is 9.78 Å². The molecule has 5 nitrogen and oxygen atoms in total. The molecular weight excluding hydrogens is 352 g/mol. The van der Waals surface area contributed by atoms with Gasteiger partial charge in [0.25, 0.3) is 5.91 Å². The number of para-hydroxylation sites is 1. The molecule has 0 bridgehead atoms. The van der Waals surface area contributed by atoms with Gasteiger partial charge < -0.3 is 9.64 Å². The number of benzene rings is 2. The van der Waals surface area contributed by atoms with E-state index in [1.54, 1.807) is 56.6 Å². The van der Waals surface area contributed by atoms with Gasteiger partial charge in [-0.3, -0.25) is 4.79 Å². The van der Waals surface area contributed by atoms with E-state index < -0.39 is 12.1 Å². The second kappa shape index (κ2) is 7.54. The minimum Gasteiger partial charge on any atom is -0.444 e. The van der Waals surface area contributed by atoms with E-state index in [-0.39, 0.29) is 16.6 Å². The molecule has 0 unspecified atom stereocenters. The van der Waals surface area contributed by atoms with Crippen LogP contribution in [0.5, 0.6) is 0 Å². The molecule has 0 spiro atoms. The number of likely N-dealkylation sites (N-methyl/N-ethyl adjacent to an activating group) is 1. The van der Waals surface area contributed by atoms with Gasteiger partial charge in [-0.05, 0) is 12.1 Å². The van der Waals surface area contributed by atoms with Crippen molar-refractivity contribution in [1.29, 1.82) is 0 Å². The number of pyridine rings is 1. The van der Waals surface area contributed by atoms with Gasteiger partial charge in [-0.1, -0.05) is 60.1 Å². The van der Waals surface area contributed by atoms with Crippen molar-refractivity contribution < 1.29 is 14.3 Å². The first kappa shape index (κ1) is 17.9. The smallest absolute Gasteiger partial charge is 0.340 e. The second-order valence-corrected chi connectivity index (χ2v) is 6.33. The van der Waals surface area contributed by atoms with Crippen molar-refractivity contribution in [2.45, 2.75) is 6.10 Å². The number of hydrogen-bond acceptors (Lipinski definition) is 4. The first-order valence-corrected chi connectivity index (χ1v) is 8.37. The number of amides is 1. The molecule has 0 radical (unpaired) electrons. The van der Waals surface area contributed by atoms with Gasteiger partial charge in [0.2, 0.25) is 6.10 Å². The summed E-state index contributed by atoms with van der Waals surface area (Å²) in [6.45, 7) is 0. The first-order valence-electron chi connectivity index (χ1n) is 8.00. The molecule has 3 aromatic rings. The van der Waals surface area contributed by atoms with Gasteiger partial charge in [0, 0.05) is 25.0 Å². The molecule has 1 atom stereocenters. The van der Waals surface area contributed by atoms with Gasteiger partial charge in [0.05, 0.1) is 11.1 Å². The Hall–Kier alpha value is -2.92. The van der Waals surface area contributed by atoms with Crippen LogP contribution in [-0.2, 0) is 9.53 Å². The highest BCUT2D eigenvalue weighted by Gasteiger charge is 2.27. The fourth-order valence-electron chi connectivity index (χ4n) is 2.61. The summed E-state index contributed by atoms with van der Waals surface area (Å²) in [5.74, 6) is -0.955. The number of fused-ring (bicyclic) bond motifs is 1. The fraction of sp³-hybridized carbons (Fsp3) is 0.150. The normalized spacial score (nSPS) is 11.8. The molecule has 0 N–H and O–H groups in total. The second-order valence-electron chi connectivity index (χ2n) is 5.94. The zero-order valence-electron chi connectivity index (χ0n) is 14.3. The van der Waals surface area contributed by atoms with Crippen LogP contribution in [0, 0.1) is 0 Å². The lowest BCUT2D eigenvalue weighted by Gasteiger charge is -2.21. The van der Waals surface area contributed by atoms with Crippen LogP contribution >= 0.6 is 11.6 Å². The van der Waals surface area contributed by atoms with Crippen LogP contribution in [0.1, 0.15) is 22.0 Å². The molecule has 0 fully saturated rings. The zero-order chi connectivity index (χ0) is 18.7. The number of aromatic nitrogens is 1. The number of carbonyl (C=O) groups excluding carboxylic acids is 2. The van der Waals surface area contributed by atoms with E-state index in [1.165, 1.54) is 11.0 Å². The number of nitrogens with zero attached hydrogens (tertiary/aromatic N) is 2. The molecule has 1 heterocycles. The summed E-state index contributed by atoms with van der Waals surface area (Å²) < 4.78 is 5.59. The molecule has 2 aromatic carbocycles. The topological polar surface area (TPSA) is 59.5 Å². The van der Waals surface area contributed by atoms with Crippen molar-refractivity contribution in [3.63, 3.8) is 0 Å². The van der Waals surface area contributed by atoms with Crippen molar-refractivity contribution in [2.24, 2.45) is 0 Å². The van der Waals surface area contributed by atoms with E-state index in [0.717, 1.165) is 0 Å². The van der Waals surface area contributed by atoms with Gasteiger partial charge in [0.15, 0.2) is 0 Å². The first-order chi connectivity index (χ1) is 12.5. The van der Waals surface area contributed by atoms with Crippen molar-refractivity contribution in [1.82, 2.24) is 9.88 Å². The molecular formula is C20H17ClN2O3. The van der Waals surface area contributed by atoms with E-state index in [9.17, 15) is 9.59 Å². The van der Waals surface area contributed by atoms with Gasteiger partial charge >= 0.3 is 5.97 Å². The lowest BCUT2D eigenvalue weighted by molar-refractivity contribution is -0.138. The minimum absolute atomic E-state index is 0.186. The summed E-state index contributed by atoms with van der Waals surface area (Å²) in [6.07, 6.45) is -1.04. The van der Waals surface area contributed by atoms with Gasteiger partial charge in [-0.2, -0.15) is 0 Å². The maximum Gasteiger partial charge on any atom is 0.340 e. The van der Waals surface area contributed by atoms with E-state index in [1.807, 2.05) is 12.1 Å². The highest BCUT2D eigenvalue weighted by atomic mass is 35.5. The Morgan fingerprint density at radius 1 is 1.04 bits per heavy atom. The minimum atomic E-state index is -1.04. The third kappa shape index (κ3) is 3.68. The molecule has 0 saturated heterocycles. The number of hydrogen-bond donors (Lipinski definition) is 0. The SMILES string of the molecule is CN(C)C(=O)[C@H](OC(=O)c1cc(Cl)nc2ccccc12)c1ccccc1. The summed E-state index contributed by atoms with van der Waals surface area (Å²) in [5, 5.41) is 0.803. The standard InChI is InChI=1S/C20H17ClN2O3/c1-23(2)19(24)18(13-8-4-3-5-9-13)26-20(25)15-12-17(21)22-16-11-7-6-10-14(15)16/h3-12,18H,1-2H3/t18-/m1/s1. The molecule has 0 aliphatic carbocycles. The molecule has 26 heavy (non-hydrogen) atoms. The van der Waals surface area contributed by atoms with Crippen molar-refractivity contribution in [3.8, 4) is 0 Å². The largest absolute Gasteiger partial charge is 0.444 e. The van der Waals surface area contributed by atoms with Crippen LogP contribution < -0.4 is 0 Å². The van der Waals surface area contributed by atoms with E-state index in [4.69, 9.17) is 16.3 Å². The Bertz CT molecular complexity index is 958. The molecule has 6 heteroatoms. The summed E-state index contributed by atoms with van der Waals surface area (Å²) in [6, 6.07) is 17.5. The maximum atomic E-state index is 12.8. The van der Waals surface area contributed by atoms with Crippen LogP contribution in [0.15, 0.2) is 60.7 Å². The number of esters is 1. The maximum absolute atomic E-state index is 12.8. The van der Waals surface area contributed by atoms with E-state index in [0.29, 0.717) is 16.5 Å². The molecule has 132 valence electrons. The van der Waals surface area contributed by atoms with Crippen LogP contribution in [-0.4, -0.2) is 35.9 Å². The molecule has 0 aliphatic rings. The predicted molar refractivity (Wildman–Crippen MR) is 100 cm³/mol. The summed E-state index contributed by atoms with van der Waals surface area (Å²) in [4.78, 5) is 31.0. The van der Waals surface area contributed by atoms with Crippen molar-refractivity contribution in [3.05, 3.63) is 76.9 Å². The van der Waals surface area contributed by atoms with Crippen LogP contribution in [0.2, 0.25) is 5.15 Å². The third-order valence-corrected chi connectivity index (χ3v) is 4.09. The Morgan fingerprint density at radius 2 is 1.69 bits per heavy atom. The lowest BCUT2D eigenvalue weighted by Crippen LogP contribution is -2.31. The van der Waals surface area contributed by atoms with Crippen LogP contribution in [0.4, 0.5) is 0 Å². The molecule has 1 amide bonds. The highest BCUT2D eigenvalue weighted by molar-refractivity contribution is 6.30. The van der Waals surface area contributed by atoms with Crippen LogP contribution in [0.3, 0.4) is 0 Å². The Labute approximate surface area is 156 Å². The van der Waals surface area contributed by atoms with Crippen LogP contribution in [0.25, 0.3) is 10.9 Å². The molecule has 1 aromatic heterocycles. The highest BCUT2D eigenvalue weighted by Crippen LogP contribution is 2.25. The lowest BCUT2D eigenvalue weighted by atomic mass is 10.1. The van der Waals surface area contributed by atoms with Crippen molar-refractivity contribution >= 4 is 34.4 Å². The summed E-state index contributed by atoms with van der Waals surface area (Å²) >= 11 is 6.04. The number of rotatable bonds is 4. The monoisotopic (exact) mass is 368 g/mol. The predicted octanol–water partition coefficient (Wildman–Crippen LogP) is 3.87. The van der Waals surface area contributed by atoms with Gasteiger partial charge in [0.1, 0.15) is 5.15 Å². The third-order valence-electron chi connectivity index (χ3n) is 3.90. The van der Waals surface area contributed by atoms with Gasteiger partial charge in [-0.15, -0.1) is 0 Å². The van der Waals surface area contributed by atoms with E-state index >= 15 is 0 Å². The molecule has 0 aliphatic heterocycles. The average molecular weight is 369 g/mol.